The minimum atomic E-state index is -0.105. The predicted molar refractivity (Wildman–Crippen MR) is 83.7 cm³/mol. The zero-order chi connectivity index (χ0) is 15.6. The molecule has 0 aromatic heterocycles. The third-order valence-corrected chi connectivity index (χ3v) is 4.04. The lowest BCUT2D eigenvalue weighted by Gasteiger charge is -2.22. The monoisotopic (exact) mass is 289 g/mol. The average Bonchev–Trinajstić information content (AvgIpc) is 2.81. The van der Waals surface area contributed by atoms with Gasteiger partial charge in [-0.1, -0.05) is 19.1 Å². The van der Waals surface area contributed by atoms with Crippen LogP contribution in [0.1, 0.15) is 24.2 Å². The van der Waals surface area contributed by atoms with Gasteiger partial charge in [-0.3, -0.25) is 4.79 Å². The lowest BCUT2D eigenvalue weighted by molar-refractivity contribution is 0.101. The molecular weight excluding hydrogens is 266 g/mol. The fourth-order valence-electron chi connectivity index (χ4n) is 2.81. The quantitative estimate of drug-likeness (QED) is 0.869. The van der Waals surface area contributed by atoms with Gasteiger partial charge >= 0.3 is 6.03 Å². The Kier molecular flexibility index (Phi) is 4.63. The van der Waals surface area contributed by atoms with E-state index in [2.05, 4.69) is 17.1 Å². The van der Waals surface area contributed by atoms with Gasteiger partial charge in [-0.15, -0.1) is 0 Å². The topological polar surface area (TPSA) is 52.7 Å². The summed E-state index contributed by atoms with van der Waals surface area (Å²) in [7, 11) is 4.08. The van der Waals surface area contributed by atoms with Gasteiger partial charge in [0, 0.05) is 30.4 Å². The molecule has 1 aromatic carbocycles. The standard InChI is InChI=1S/C16H23N3O2/c1-11-9-19(10-15(11)18(3)4)16(21)17-14-7-5-6-13(8-14)12(2)20/h5-8,11,15H,9-10H2,1-4H3,(H,17,21). The summed E-state index contributed by atoms with van der Waals surface area (Å²) in [5, 5.41) is 2.88. The summed E-state index contributed by atoms with van der Waals surface area (Å²) in [5.41, 5.74) is 1.27. The summed E-state index contributed by atoms with van der Waals surface area (Å²) in [6.07, 6.45) is 0. The van der Waals surface area contributed by atoms with Gasteiger partial charge in [0.25, 0.3) is 0 Å². The number of ketones is 1. The van der Waals surface area contributed by atoms with Crippen LogP contribution in [-0.2, 0) is 0 Å². The van der Waals surface area contributed by atoms with E-state index in [-0.39, 0.29) is 11.8 Å². The molecule has 2 rings (SSSR count). The molecule has 0 saturated carbocycles. The molecule has 0 radical (unpaired) electrons. The van der Waals surface area contributed by atoms with E-state index in [0.29, 0.717) is 23.2 Å². The maximum absolute atomic E-state index is 12.3. The SMILES string of the molecule is CC(=O)c1cccc(NC(=O)N2CC(C)C(N(C)C)C2)c1. The average molecular weight is 289 g/mol. The second kappa shape index (κ2) is 6.26. The van der Waals surface area contributed by atoms with E-state index in [9.17, 15) is 9.59 Å². The normalized spacial score (nSPS) is 21.7. The first kappa shape index (κ1) is 15.5. The maximum Gasteiger partial charge on any atom is 0.321 e. The number of hydrogen-bond donors (Lipinski definition) is 1. The number of rotatable bonds is 3. The Labute approximate surface area is 125 Å². The van der Waals surface area contributed by atoms with Crippen LogP contribution in [0.4, 0.5) is 10.5 Å². The molecule has 1 fully saturated rings. The number of hydrogen-bond acceptors (Lipinski definition) is 3. The lowest BCUT2D eigenvalue weighted by Crippen LogP contribution is -2.37. The molecule has 1 aliphatic rings. The highest BCUT2D eigenvalue weighted by Gasteiger charge is 2.33. The molecule has 1 aromatic rings. The second-order valence-electron chi connectivity index (χ2n) is 5.98. The molecule has 1 N–H and O–H groups in total. The van der Waals surface area contributed by atoms with Gasteiger partial charge in [0.05, 0.1) is 0 Å². The number of Topliss-reactive ketones (excluding diaryl/α,β-unsaturated/α-hetero) is 1. The number of amides is 2. The van der Waals surface area contributed by atoms with E-state index in [1.807, 2.05) is 19.0 Å². The summed E-state index contributed by atoms with van der Waals surface area (Å²) in [4.78, 5) is 27.7. The van der Waals surface area contributed by atoms with E-state index >= 15 is 0 Å². The van der Waals surface area contributed by atoms with E-state index in [1.54, 1.807) is 24.3 Å². The van der Waals surface area contributed by atoms with E-state index in [0.717, 1.165) is 13.1 Å². The van der Waals surface area contributed by atoms with E-state index < -0.39 is 0 Å². The Morgan fingerprint density at radius 2 is 2.00 bits per heavy atom. The van der Waals surface area contributed by atoms with Gasteiger partial charge in [0.1, 0.15) is 0 Å². The first-order valence-electron chi connectivity index (χ1n) is 7.22. The number of nitrogens with zero attached hydrogens (tertiary/aromatic N) is 2. The maximum atomic E-state index is 12.3. The third-order valence-electron chi connectivity index (χ3n) is 4.04. The van der Waals surface area contributed by atoms with Crippen LogP contribution in [-0.4, -0.2) is 54.8 Å². The Bertz CT molecular complexity index is 542. The summed E-state index contributed by atoms with van der Waals surface area (Å²) < 4.78 is 0. The number of anilines is 1. The molecule has 5 heteroatoms. The predicted octanol–water partition coefficient (Wildman–Crippen LogP) is 2.30. The smallest absolute Gasteiger partial charge is 0.321 e. The highest BCUT2D eigenvalue weighted by molar-refractivity contribution is 5.96. The number of benzene rings is 1. The van der Waals surface area contributed by atoms with Crippen LogP contribution in [0.25, 0.3) is 0 Å². The number of carbonyl (C=O) groups is 2. The summed E-state index contributed by atoms with van der Waals surface area (Å²) >= 11 is 0. The van der Waals surface area contributed by atoms with Crippen molar-refractivity contribution in [3.05, 3.63) is 29.8 Å². The molecule has 1 saturated heterocycles. The van der Waals surface area contributed by atoms with E-state index in [4.69, 9.17) is 0 Å². The summed E-state index contributed by atoms with van der Waals surface area (Å²) in [5.74, 6) is 0.447. The molecule has 1 aliphatic heterocycles. The van der Waals surface area contributed by atoms with Crippen LogP contribution in [0, 0.1) is 5.92 Å². The Morgan fingerprint density at radius 1 is 1.29 bits per heavy atom. The lowest BCUT2D eigenvalue weighted by atomic mass is 10.1. The molecule has 2 unspecified atom stereocenters. The molecule has 2 atom stereocenters. The van der Waals surface area contributed by atoms with Gasteiger partial charge < -0.3 is 15.1 Å². The van der Waals surface area contributed by atoms with E-state index in [1.165, 1.54) is 6.92 Å². The van der Waals surface area contributed by atoms with Crippen molar-refractivity contribution >= 4 is 17.5 Å². The number of likely N-dealkylation sites (N-methyl/N-ethyl adjacent to an activating group) is 1. The van der Waals surface area contributed by atoms with Crippen molar-refractivity contribution in [1.29, 1.82) is 0 Å². The highest BCUT2D eigenvalue weighted by atomic mass is 16.2. The number of carbonyl (C=O) groups excluding carboxylic acids is 2. The minimum Gasteiger partial charge on any atom is -0.323 e. The Hall–Kier alpha value is -1.88. The largest absolute Gasteiger partial charge is 0.323 e. The van der Waals surface area contributed by atoms with Crippen molar-refractivity contribution in [2.75, 3.05) is 32.5 Å². The molecule has 0 bridgehead atoms. The number of likely N-dealkylation sites (tertiary alicyclic amines) is 1. The van der Waals surface area contributed by atoms with Crippen molar-refractivity contribution in [2.45, 2.75) is 19.9 Å². The van der Waals surface area contributed by atoms with Crippen molar-refractivity contribution in [3.63, 3.8) is 0 Å². The van der Waals surface area contributed by atoms with Crippen LogP contribution in [0.15, 0.2) is 24.3 Å². The third kappa shape index (κ3) is 3.61. The molecule has 2 amide bonds. The molecule has 21 heavy (non-hydrogen) atoms. The molecule has 5 nitrogen and oxygen atoms in total. The molecule has 1 heterocycles. The molecule has 0 aliphatic carbocycles. The minimum absolute atomic E-state index is 0.00596. The van der Waals surface area contributed by atoms with Gasteiger partial charge in [-0.05, 0) is 39.1 Å². The fraction of sp³-hybridized carbons (Fsp3) is 0.500. The summed E-state index contributed by atoms with van der Waals surface area (Å²) in [6.45, 7) is 5.16. The fourth-order valence-corrected chi connectivity index (χ4v) is 2.81. The molecule has 114 valence electrons. The zero-order valence-corrected chi connectivity index (χ0v) is 13.1. The Morgan fingerprint density at radius 3 is 2.57 bits per heavy atom. The molecular formula is C16H23N3O2. The van der Waals surface area contributed by atoms with Gasteiger partial charge in [0.15, 0.2) is 5.78 Å². The van der Waals surface area contributed by atoms with Gasteiger partial charge in [-0.2, -0.15) is 0 Å². The van der Waals surface area contributed by atoms with Crippen LogP contribution in [0.2, 0.25) is 0 Å². The summed E-state index contributed by atoms with van der Waals surface area (Å²) in [6, 6.07) is 7.32. The van der Waals surface area contributed by atoms with Crippen LogP contribution < -0.4 is 5.32 Å². The zero-order valence-electron chi connectivity index (χ0n) is 13.1. The second-order valence-corrected chi connectivity index (χ2v) is 5.98. The van der Waals surface area contributed by atoms with Crippen molar-refractivity contribution in [2.24, 2.45) is 5.92 Å². The van der Waals surface area contributed by atoms with Gasteiger partial charge in [0.2, 0.25) is 0 Å². The number of urea groups is 1. The van der Waals surface area contributed by atoms with Crippen LogP contribution >= 0.6 is 0 Å². The molecule has 0 spiro atoms. The number of nitrogens with one attached hydrogen (secondary N) is 1. The highest BCUT2D eigenvalue weighted by Crippen LogP contribution is 2.21. The Balaban J connectivity index is 2.02. The van der Waals surface area contributed by atoms with Crippen molar-refractivity contribution in [3.8, 4) is 0 Å². The van der Waals surface area contributed by atoms with Gasteiger partial charge in [-0.25, -0.2) is 4.79 Å². The van der Waals surface area contributed by atoms with Crippen LogP contribution in [0.3, 0.4) is 0 Å². The van der Waals surface area contributed by atoms with Crippen molar-refractivity contribution < 1.29 is 9.59 Å². The first-order valence-corrected chi connectivity index (χ1v) is 7.22. The van der Waals surface area contributed by atoms with Crippen LogP contribution in [0.5, 0.6) is 0 Å². The van der Waals surface area contributed by atoms with Crippen molar-refractivity contribution in [1.82, 2.24) is 9.80 Å². The first-order chi connectivity index (χ1) is 9.88.